The maximum Gasteiger partial charge on any atom is 0.139 e. The number of rotatable bonds is 12. The van der Waals surface area contributed by atoms with Gasteiger partial charge in [0, 0.05) is 22.9 Å². The molecular weight excluding hydrogens is 388 g/mol. The molecule has 1 aromatic heterocycles. The summed E-state index contributed by atoms with van der Waals surface area (Å²) in [5.74, 6) is 1.07. The minimum atomic E-state index is 0.975. The van der Waals surface area contributed by atoms with E-state index in [0.717, 1.165) is 24.2 Å². The molecule has 168 valence electrons. The standard InChI is InChI=1S/C31H38O/c1-3-5-7-9-11-13-15-24-17-19-27-26(21-24)23-29-28-20-18-25(22-30(28)32-31(27)29)16-14-12-10-8-6-4-2/h13-22H,3-12,23H2,1-2H3/b15-13+,16-14+. The van der Waals surface area contributed by atoms with Crippen LogP contribution in [-0.2, 0) is 6.42 Å². The zero-order valence-electron chi connectivity index (χ0n) is 20.0. The molecular formula is C31H38O. The molecule has 3 aromatic rings. The maximum absolute atomic E-state index is 6.36. The molecule has 0 saturated carbocycles. The second-order valence-electron chi connectivity index (χ2n) is 9.26. The van der Waals surface area contributed by atoms with Gasteiger partial charge < -0.3 is 4.42 Å². The minimum Gasteiger partial charge on any atom is -0.456 e. The third kappa shape index (κ3) is 5.44. The third-order valence-electron chi connectivity index (χ3n) is 6.63. The van der Waals surface area contributed by atoms with Crippen LogP contribution in [-0.4, -0.2) is 0 Å². The fourth-order valence-corrected chi connectivity index (χ4v) is 4.76. The third-order valence-corrected chi connectivity index (χ3v) is 6.63. The van der Waals surface area contributed by atoms with Crippen molar-refractivity contribution in [2.45, 2.75) is 84.5 Å². The van der Waals surface area contributed by atoms with Crippen molar-refractivity contribution >= 4 is 23.1 Å². The molecule has 2 aromatic carbocycles. The molecule has 0 radical (unpaired) electrons. The van der Waals surface area contributed by atoms with Crippen molar-refractivity contribution in [3.8, 4) is 11.3 Å². The maximum atomic E-state index is 6.36. The zero-order valence-corrected chi connectivity index (χ0v) is 20.0. The fourth-order valence-electron chi connectivity index (χ4n) is 4.76. The van der Waals surface area contributed by atoms with Crippen molar-refractivity contribution in [1.29, 1.82) is 0 Å². The summed E-state index contributed by atoms with van der Waals surface area (Å²) in [6, 6.07) is 13.5. The first-order chi connectivity index (χ1) is 15.8. The van der Waals surface area contributed by atoms with E-state index < -0.39 is 0 Å². The lowest BCUT2D eigenvalue weighted by Gasteiger charge is -2.02. The van der Waals surface area contributed by atoms with Gasteiger partial charge in [0.05, 0.1) is 0 Å². The van der Waals surface area contributed by atoms with Gasteiger partial charge in [-0.15, -0.1) is 0 Å². The van der Waals surface area contributed by atoms with Crippen LogP contribution in [0.15, 0.2) is 53.0 Å². The quantitative estimate of drug-likeness (QED) is 0.205. The average molecular weight is 427 g/mol. The van der Waals surface area contributed by atoms with Gasteiger partial charge in [-0.3, -0.25) is 0 Å². The topological polar surface area (TPSA) is 13.1 Å². The largest absolute Gasteiger partial charge is 0.456 e. The minimum absolute atomic E-state index is 0.975. The summed E-state index contributed by atoms with van der Waals surface area (Å²) in [6.45, 7) is 4.52. The monoisotopic (exact) mass is 426 g/mol. The van der Waals surface area contributed by atoms with Gasteiger partial charge in [-0.1, -0.05) is 107 Å². The molecule has 0 saturated heterocycles. The number of fused-ring (bicyclic) bond motifs is 5. The molecule has 1 heteroatoms. The van der Waals surface area contributed by atoms with Crippen LogP contribution in [0.25, 0.3) is 34.4 Å². The van der Waals surface area contributed by atoms with Crippen LogP contribution in [0.5, 0.6) is 0 Å². The number of hydrogen-bond acceptors (Lipinski definition) is 1. The Balaban J connectivity index is 1.42. The summed E-state index contributed by atoms with van der Waals surface area (Å²) < 4.78 is 6.36. The first-order valence-electron chi connectivity index (χ1n) is 12.8. The van der Waals surface area contributed by atoms with Crippen LogP contribution >= 0.6 is 0 Å². The number of furan rings is 1. The number of hydrogen-bond donors (Lipinski definition) is 0. The van der Waals surface area contributed by atoms with Crippen molar-refractivity contribution in [2.24, 2.45) is 0 Å². The number of allylic oxidation sites excluding steroid dienone is 2. The SMILES string of the molecule is CCCCCC/C=C/c1ccc2c(c1)Cc1c-2oc2cc(/C=C/CCCCCC)ccc12. The number of unbranched alkanes of at least 4 members (excludes halogenated alkanes) is 8. The van der Waals surface area contributed by atoms with Gasteiger partial charge in [0.15, 0.2) is 0 Å². The summed E-state index contributed by atoms with van der Waals surface area (Å²) >= 11 is 0. The van der Waals surface area contributed by atoms with Gasteiger partial charge in [-0.2, -0.15) is 0 Å². The Morgan fingerprint density at radius 2 is 1.41 bits per heavy atom. The Morgan fingerprint density at radius 3 is 2.09 bits per heavy atom. The Labute approximate surface area is 194 Å². The van der Waals surface area contributed by atoms with Gasteiger partial charge in [-0.25, -0.2) is 0 Å². The summed E-state index contributed by atoms with van der Waals surface area (Å²) in [5, 5.41) is 1.27. The molecule has 0 bridgehead atoms. The van der Waals surface area contributed by atoms with Crippen LogP contribution in [0.2, 0.25) is 0 Å². The molecule has 0 N–H and O–H groups in total. The molecule has 1 heterocycles. The molecule has 0 fully saturated rings. The molecule has 0 amide bonds. The van der Waals surface area contributed by atoms with Crippen LogP contribution in [0.1, 0.15) is 100 Å². The molecule has 1 aliphatic rings. The van der Waals surface area contributed by atoms with Crippen LogP contribution in [0, 0.1) is 0 Å². The van der Waals surface area contributed by atoms with E-state index in [9.17, 15) is 0 Å². The Kier molecular flexibility index (Phi) is 8.04. The average Bonchev–Trinajstić information content (AvgIpc) is 3.33. The lowest BCUT2D eigenvalue weighted by Crippen LogP contribution is -1.84. The van der Waals surface area contributed by atoms with Crippen LogP contribution in [0.4, 0.5) is 0 Å². The predicted octanol–water partition coefficient (Wildman–Crippen LogP) is 9.97. The first-order valence-corrected chi connectivity index (χ1v) is 12.8. The first kappa shape index (κ1) is 22.6. The van der Waals surface area contributed by atoms with Crippen molar-refractivity contribution in [3.05, 3.63) is 70.8 Å². The van der Waals surface area contributed by atoms with E-state index in [1.807, 2.05) is 0 Å². The van der Waals surface area contributed by atoms with E-state index in [-0.39, 0.29) is 0 Å². The second kappa shape index (κ2) is 11.4. The Hall–Kier alpha value is -2.54. The van der Waals surface area contributed by atoms with E-state index in [1.165, 1.54) is 91.0 Å². The van der Waals surface area contributed by atoms with E-state index in [2.05, 4.69) is 74.5 Å². The number of benzene rings is 2. The predicted molar refractivity (Wildman–Crippen MR) is 140 cm³/mol. The highest BCUT2D eigenvalue weighted by Gasteiger charge is 2.25. The molecule has 0 spiro atoms. The molecule has 0 atom stereocenters. The molecule has 0 unspecified atom stereocenters. The summed E-state index contributed by atoms with van der Waals surface area (Å²) in [6.07, 6.45) is 23.0. The van der Waals surface area contributed by atoms with Gasteiger partial charge >= 0.3 is 0 Å². The molecule has 4 rings (SSSR count). The lowest BCUT2D eigenvalue weighted by atomic mass is 10.0. The highest BCUT2D eigenvalue weighted by Crippen LogP contribution is 2.43. The summed E-state index contributed by atoms with van der Waals surface area (Å²) in [4.78, 5) is 0. The Morgan fingerprint density at radius 1 is 0.750 bits per heavy atom. The van der Waals surface area contributed by atoms with Gasteiger partial charge in [-0.05, 0) is 48.4 Å². The highest BCUT2D eigenvalue weighted by atomic mass is 16.3. The fraction of sp³-hybridized carbons (Fsp3) is 0.419. The summed E-state index contributed by atoms with van der Waals surface area (Å²) in [7, 11) is 0. The Bertz CT molecular complexity index is 1080. The highest BCUT2D eigenvalue weighted by molar-refractivity contribution is 5.93. The van der Waals surface area contributed by atoms with Gasteiger partial charge in [0.25, 0.3) is 0 Å². The molecule has 32 heavy (non-hydrogen) atoms. The normalized spacial score (nSPS) is 12.9. The molecule has 0 aliphatic heterocycles. The van der Waals surface area contributed by atoms with Crippen molar-refractivity contribution < 1.29 is 4.42 Å². The van der Waals surface area contributed by atoms with E-state index in [0.29, 0.717) is 0 Å². The van der Waals surface area contributed by atoms with E-state index in [4.69, 9.17) is 4.42 Å². The zero-order chi connectivity index (χ0) is 22.2. The molecule has 1 nitrogen and oxygen atoms in total. The lowest BCUT2D eigenvalue weighted by molar-refractivity contribution is 0.631. The van der Waals surface area contributed by atoms with Gasteiger partial charge in [0.1, 0.15) is 11.3 Å². The van der Waals surface area contributed by atoms with E-state index in [1.54, 1.807) is 0 Å². The van der Waals surface area contributed by atoms with E-state index >= 15 is 0 Å². The summed E-state index contributed by atoms with van der Waals surface area (Å²) in [5.41, 5.74) is 7.57. The van der Waals surface area contributed by atoms with Crippen molar-refractivity contribution in [2.75, 3.05) is 0 Å². The van der Waals surface area contributed by atoms with Crippen molar-refractivity contribution in [3.63, 3.8) is 0 Å². The van der Waals surface area contributed by atoms with Crippen molar-refractivity contribution in [1.82, 2.24) is 0 Å². The smallest absolute Gasteiger partial charge is 0.139 e. The van der Waals surface area contributed by atoms with Crippen LogP contribution < -0.4 is 0 Å². The molecule has 1 aliphatic carbocycles. The van der Waals surface area contributed by atoms with Crippen LogP contribution in [0.3, 0.4) is 0 Å². The second-order valence-corrected chi connectivity index (χ2v) is 9.26. The van der Waals surface area contributed by atoms with Gasteiger partial charge in [0.2, 0.25) is 0 Å².